The van der Waals surface area contributed by atoms with Crippen molar-refractivity contribution in [3.63, 3.8) is 0 Å². The van der Waals surface area contributed by atoms with Crippen LogP contribution in [0.3, 0.4) is 0 Å². The molecule has 7 aliphatic rings. The molecule has 0 radical (unpaired) electrons. The lowest BCUT2D eigenvalue weighted by molar-refractivity contribution is -0.177. The summed E-state index contributed by atoms with van der Waals surface area (Å²) in [5, 5.41) is 24.3. The molecule has 7 rings (SSSR count). The molecule has 7 fully saturated rings. The van der Waals surface area contributed by atoms with Crippen LogP contribution in [-0.4, -0.2) is 90.6 Å². The Hall–Kier alpha value is -0.930. The molecule has 8 unspecified atom stereocenters. The van der Waals surface area contributed by atoms with Crippen molar-refractivity contribution in [3.05, 3.63) is 0 Å². The SMILES string of the molecule is CC12CC[C@@]34CC35CC[C@H](OC(=O)NCCN3CCOCC3)C(C)(C)C5CCC4C1CC1OC([C@H](O)C(C)(C)O)CCC12.[HH]. The average Bonchev–Trinajstić information content (AvgIpc) is 3.54. The highest BCUT2D eigenvalue weighted by atomic mass is 16.6. The lowest BCUT2D eigenvalue weighted by Gasteiger charge is -2.59. The van der Waals surface area contributed by atoms with Crippen molar-refractivity contribution in [2.45, 2.75) is 129 Å². The molecule has 8 nitrogen and oxygen atoms in total. The van der Waals surface area contributed by atoms with Crippen molar-refractivity contribution in [1.29, 1.82) is 0 Å². The summed E-state index contributed by atoms with van der Waals surface area (Å²) in [6, 6.07) is 0. The van der Waals surface area contributed by atoms with Crippen LogP contribution in [0.2, 0.25) is 0 Å². The molecule has 0 bridgehead atoms. The molecule has 11 atom stereocenters. The van der Waals surface area contributed by atoms with Crippen molar-refractivity contribution in [2.75, 3.05) is 39.4 Å². The third-order valence-electron chi connectivity index (χ3n) is 14.7. The summed E-state index contributed by atoms with van der Waals surface area (Å²) >= 11 is 0. The van der Waals surface area contributed by atoms with Gasteiger partial charge in [0.05, 0.1) is 31.0 Å². The van der Waals surface area contributed by atoms with Crippen LogP contribution in [0, 0.1) is 45.3 Å². The van der Waals surface area contributed by atoms with E-state index in [0.29, 0.717) is 40.5 Å². The number of ether oxygens (including phenoxy) is 3. The Bertz CT molecular complexity index is 1080. The van der Waals surface area contributed by atoms with E-state index in [4.69, 9.17) is 14.2 Å². The molecule has 5 aliphatic carbocycles. The fourth-order valence-corrected chi connectivity index (χ4v) is 12.5. The number of aliphatic hydroxyl groups is 2. The van der Waals surface area contributed by atoms with E-state index < -0.39 is 11.7 Å². The monoisotopic (exact) mass is 604 g/mol. The molecule has 2 heterocycles. The summed E-state index contributed by atoms with van der Waals surface area (Å²) in [5.74, 6) is 2.61. The number of nitrogens with one attached hydrogen (secondary N) is 1. The summed E-state index contributed by atoms with van der Waals surface area (Å²) in [4.78, 5) is 15.2. The Balaban J connectivity index is 0.00000343. The molecule has 2 aliphatic heterocycles. The number of carbonyl (C=O) groups is 1. The first-order valence-corrected chi connectivity index (χ1v) is 17.6. The lowest BCUT2D eigenvalue weighted by Crippen LogP contribution is -2.55. The van der Waals surface area contributed by atoms with Crippen LogP contribution < -0.4 is 5.32 Å². The summed E-state index contributed by atoms with van der Waals surface area (Å²) in [5.41, 5.74) is -0.00226. The number of hydrogen-bond acceptors (Lipinski definition) is 7. The van der Waals surface area contributed by atoms with E-state index in [-0.39, 0.29) is 31.2 Å². The number of amides is 1. The second kappa shape index (κ2) is 10.5. The largest absolute Gasteiger partial charge is 0.446 e. The van der Waals surface area contributed by atoms with Gasteiger partial charge in [-0.25, -0.2) is 4.79 Å². The molecular formula is C35H60N2O6. The topological polar surface area (TPSA) is 100 Å². The maximum atomic E-state index is 12.9. The smallest absolute Gasteiger partial charge is 0.407 e. The van der Waals surface area contributed by atoms with Crippen molar-refractivity contribution in [1.82, 2.24) is 10.2 Å². The lowest BCUT2D eigenvalue weighted by atomic mass is 9.46. The van der Waals surface area contributed by atoms with Crippen molar-refractivity contribution in [2.24, 2.45) is 45.3 Å². The molecule has 8 heteroatoms. The summed E-state index contributed by atoms with van der Waals surface area (Å²) < 4.78 is 18.3. The maximum absolute atomic E-state index is 12.9. The third-order valence-corrected chi connectivity index (χ3v) is 14.7. The minimum absolute atomic E-state index is 0. The predicted molar refractivity (Wildman–Crippen MR) is 165 cm³/mol. The first-order valence-electron chi connectivity index (χ1n) is 17.6. The molecule has 2 spiro atoms. The Morgan fingerprint density at radius 3 is 2.51 bits per heavy atom. The Morgan fingerprint density at radius 1 is 1.02 bits per heavy atom. The third kappa shape index (κ3) is 4.73. The zero-order valence-corrected chi connectivity index (χ0v) is 27.4. The average molecular weight is 605 g/mol. The van der Waals surface area contributed by atoms with Crippen molar-refractivity contribution >= 4 is 6.09 Å². The van der Waals surface area contributed by atoms with E-state index in [9.17, 15) is 15.0 Å². The van der Waals surface area contributed by atoms with Crippen molar-refractivity contribution in [3.8, 4) is 0 Å². The van der Waals surface area contributed by atoms with E-state index >= 15 is 0 Å². The van der Waals surface area contributed by atoms with Crippen LogP contribution in [0.15, 0.2) is 0 Å². The summed E-state index contributed by atoms with van der Waals surface area (Å²) in [6.45, 7) is 15.6. The Labute approximate surface area is 260 Å². The Kier molecular flexibility index (Phi) is 7.53. The highest BCUT2D eigenvalue weighted by molar-refractivity contribution is 5.67. The number of hydrogen-bond donors (Lipinski definition) is 3. The fourth-order valence-electron chi connectivity index (χ4n) is 12.5. The molecule has 246 valence electrons. The minimum Gasteiger partial charge on any atom is -0.446 e. The maximum Gasteiger partial charge on any atom is 0.407 e. The van der Waals surface area contributed by atoms with Crippen LogP contribution in [-0.2, 0) is 14.2 Å². The normalized spacial score (nSPS) is 47.7. The van der Waals surface area contributed by atoms with Gasteiger partial charge in [-0.2, -0.15) is 0 Å². The highest BCUT2D eigenvalue weighted by Crippen LogP contribution is 2.87. The number of carbonyl (C=O) groups excluding carboxylic acids is 1. The zero-order valence-electron chi connectivity index (χ0n) is 27.4. The van der Waals surface area contributed by atoms with E-state index in [1.165, 1.54) is 38.5 Å². The molecule has 43 heavy (non-hydrogen) atoms. The highest BCUT2D eigenvalue weighted by Gasteiger charge is 2.81. The number of aliphatic hydroxyl groups excluding tert-OH is 1. The molecule has 0 aromatic carbocycles. The summed E-state index contributed by atoms with van der Waals surface area (Å²) in [6.07, 6.45) is 10.5. The first-order chi connectivity index (χ1) is 20.3. The molecule has 2 saturated heterocycles. The van der Waals surface area contributed by atoms with Gasteiger partial charge in [0.25, 0.3) is 0 Å². The van der Waals surface area contributed by atoms with Gasteiger partial charge in [-0.3, -0.25) is 4.90 Å². The number of rotatable bonds is 6. The van der Waals surface area contributed by atoms with Gasteiger partial charge in [-0.05, 0) is 118 Å². The minimum atomic E-state index is -1.14. The van der Waals surface area contributed by atoms with Gasteiger partial charge < -0.3 is 29.7 Å². The van der Waals surface area contributed by atoms with E-state index in [0.717, 1.165) is 64.4 Å². The van der Waals surface area contributed by atoms with Gasteiger partial charge in [0.1, 0.15) is 12.2 Å². The second-order valence-electron chi connectivity index (χ2n) is 17.2. The summed E-state index contributed by atoms with van der Waals surface area (Å²) in [7, 11) is 0. The second-order valence-corrected chi connectivity index (χ2v) is 17.2. The van der Waals surface area contributed by atoms with Crippen LogP contribution in [0.1, 0.15) is 100 Å². The standard InChI is InChI=1S/C35H58N2O6.H2/c1-31(2)27-9-7-22-24-20-26-23(6-8-25(42-26)29(38)32(3,4)40)33(24,5)12-13-34(22)21-35(27,34)11-10-28(31)43-30(39)36-14-15-37-16-18-41-19-17-37;/h22-29,38,40H,6-21H2,1-5H3,(H,36,39);1H/t22?,23?,24?,25?,26?,27?,28-,29-,33?,34-,35?;/m0./s1. The predicted octanol–water partition coefficient (Wildman–Crippen LogP) is 5.00. The Morgan fingerprint density at radius 2 is 1.77 bits per heavy atom. The van der Waals surface area contributed by atoms with E-state index in [2.05, 4.69) is 31.0 Å². The number of nitrogens with zero attached hydrogens (tertiary/aromatic N) is 1. The van der Waals surface area contributed by atoms with Gasteiger partial charge in [-0.15, -0.1) is 0 Å². The van der Waals surface area contributed by atoms with Crippen LogP contribution in [0.4, 0.5) is 4.79 Å². The molecule has 0 aromatic rings. The van der Waals surface area contributed by atoms with Crippen molar-refractivity contribution < 1.29 is 30.6 Å². The van der Waals surface area contributed by atoms with Gasteiger partial charge in [0, 0.05) is 33.0 Å². The first kappa shape index (κ1) is 30.7. The quantitative estimate of drug-likeness (QED) is 0.393. The zero-order chi connectivity index (χ0) is 30.4. The molecule has 1 amide bonds. The van der Waals surface area contributed by atoms with E-state index in [1.54, 1.807) is 13.8 Å². The van der Waals surface area contributed by atoms with Gasteiger partial charge in [0.2, 0.25) is 0 Å². The van der Waals surface area contributed by atoms with Gasteiger partial charge >= 0.3 is 6.09 Å². The molecule has 5 saturated carbocycles. The molecular weight excluding hydrogens is 544 g/mol. The molecule has 3 N–H and O–H groups in total. The number of morpholine rings is 1. The fraction of sp³-hybridized carbons (Fsp3) is 0.971. The van der Waals surface area contributed by atoms with Gasteiger partial charge in [0.15, 0.2) is 0 Å². The van der Waals surface area contributed by atoms with E-state index in [1.807, 2.05) is 0 Å². The number of fused-ring (bicyclic) bond motifs is 4. The molecule has 0 aromatic heterocycles. The van der Waals surface area contributed by atoms with Gasteiger partial charge in [-0.1, -0.05) is 20.8 Å². The van der Waals surface area contributed by atoms with Crippen LogP contribution in [0.5, 0.6) is 0 Å². The van der Waals surface area contributed by atoms with Crippen LogP contribution >= 0.6 is 0 Å². The van der Waals surface area contributed by atoms with Crippen LogP contribution in [0.25, 0.3) is 0 Å². The number of alkyl carbamates (subject to hydrolysis) is 1.